The molecule has 2 rings (SSSR count). The molecule has 0 bridgehead atoms. The highest BCUT2D eigenvalue weighted by molar-refractivity contribution is 5.80. The van der Waals surface area contributed by atoms with E-state index in [0.717, 1.165) is 38.3 Å². The minimum Gasteiger partial charge on any atom is -0.364 e. The topological polar surface area (TPSA) is 67.6 Å². The lowest BCUT2D eigenvalue weighted by atomic mass is 9.99. The summed E-state index contributed by atoms with van der Waals surface area (Å²) in [4.78, 5) is 14.4. The Morgan fingerprint density at radius 3 is 2.70 bits per heavy atom. The molecule has 3 N–H and O–H groups in total. The molecule has 0 aromatic carbocycles. The number of likely N-dealkylation sites (tertiary alicyclic amines) is 1. The molecule has 0 radical (unpaired) electrons. The Kier molecular flexibility index (Phi) is 6.26. The smallest absolute Gasteiger partial charge is 0.249 e. The second-order valence-electron chi connectivity index (χ2n) is 6.23. The molecule has 2 atom stereocenters. The summed E-state index contributed by atoms with van der Waals surface area (Å²) in [7, 11) is 0. The van der Waals surface area contributed by atoms with Gasteiger partial charge in [0.25, 0.3) is 0 Å². The second kappa shape index (κ2) is 7.96. The Morgan fingerprint density at radius 1 is 1.30 bits per heavy atom. The molecule has 20 heavy (non-hydrogen) atoms. The Balaban J connectivity index is 1.53. The van der Waals surface area contributed by atoms with Gasteiger partial charge in [0.1, 0.15) is 6.10 Å². The van der Waals surface area contributed by atoms with Crippen LogP contribution in [0.15, 0.2) is 0 Å². The van der Waals surface area contributed by atoms with Gasteiger partial charge in [-0.25, -0.2) is 0 Å². The van der Waals surface area contributed by atoms with Crippen LogP contribution in [0.25, 0.3) is 0 Å². The highest BCUT2D eigenvalue weighted by Crippen LogP contribution is 2.19. The van der Waals surface area contributed by atoms with E-state index in [4.69, 9.17) is 10.5 Å². The molecule has 0 unspecified atom stereocenters. The summed E-state index contributed by atoms with van der Waals surface area (Å²) in [5.74, 6) is 0.911. The van der Waals surface area contributed by atoms with Crippen molar-refractivity contribution in [3.8, 4) is 0 Å². The van der Waals surface area contributed by atoms with Gasteiger partial charge in [0, 0.05) is 13.1 Å². The van der Waals surface area contributed by atoms with Crippen LogP contribution in [0.2, 0.25) is 0 Å². The van der Waals surface area contributed by atoms with E-state index in [1.807, 2.05) is 0 Å². The highest BCUT2D eigenvalue weighted by atomic mass is 16.5. The average molecular weight is 283 g/mol. The van der Waals surface area contributed by atoms with Crippen molar-refractivity contribution in [2.45, 2.75) is 51.2 Å². The summed E-state index contributed by atoms with van der Waals surface area (Å²) < 4.78 is 5.58. The van der Waals surface area contributed by atoms with Gasteiger partial charge >= 0.3 is 0 Å². The third-order valence-corrected chi connectivity index (χ3v) is 4.49. The van der Waals surface area contributed by atoms with Crippen LogP contribution in [0.5, 0.6) is 0 Å². The lowest BCUT2D eigenvalue weighted by Gasteiger charge is -2.30. The van der Waals surface area contributed by atoms with E-state index >= 15 is 0 Å². The summed E-state index contributed by atoms with van der Waals surface area (Å²) in [6.45, 7) is 7.09. The predicted octanol–water partition coefficient (Wildman–Crippen LogP) is 0.731. The molecule has 0 spiro atoms. The highest BCUT2D eigenvalue weighted by Gasteiger charge is 2.29. The van der Waals surface area contributed by atoms with Crippen LogP contribution in [-0.4, -0.2) is 55.7 Å². The van der Waals surface area contributed by atoms with Gasteiger partial charge < -0.3 is 20.7 Å². The summed E-state index contributed by atoms with van der Waals surface area (Å²) in [5, 5.41) is 2.99. The standard InChI is InChI=1S/C15H29N3O2/c1-12-5-9-18(10-6-12)8-2-7-17-15(19)14-4-3-13(11-16)20-14/h12-14H,2-11,16H2,1H3,(H,17,19)/t13-,14+/m1/s1. The molecule has 2 saturated heterocycles. The van der Waals surface area contributed by atoms with Crippen molar-refractivity contribution in [3.05, 3.63) is 0 Å². The first-order valence-electron chi connectivity index (χ1n) is 8.04. The van der Waals surface area contributed by atoms with Crippen LogP contribution in [0.4, 0.5) is 0 Å². The van der Waals surface area contributed by atoms with E-state index in [1.165, 1.54) is 25.9 Å². The molecule has 0 aromatic rings. The Hall–Kier alpha value is -0.650. The zero-order valence-corrected chi connectivity index (χ0v) is 12.6. The average Bonchev–Trinajstić information content (AvgIpc) is 2.94. The van der Waals surface area contributed by atoms with Crippen molar-refractivity contribution < 1.29 is 9.53 Å². The van der Waals surface area contributed by atoms with Crippen molar-refractivity contribution in [2.24, 2.45) is 11.7 Å². The van der Waals surface area contributed by atoms with Crippen LogP contribution in [0.1, 0.15) is 39.0 Å². The number of piperidine rings is 1. The van der Waals surface area contributed by atoms with Crippen molar-refractivity contribution in [2.75, 3.05) is 32.7 Å². The molecule has 2 fully saturated rings. The molecule has 5 nitrogen and oxygen atoms in total. The molecular formula is C15H29N3O2. The van der Waals surface area contributed by atoms with E-state index < -0.39 is 0 Å². The summed E-state index contributed by atoms with van der Waals surface area (Å²) in [6, 6.07) is 0. The van der Waals surface area contributed by atoms with Gasteiger partial charge in [0.05, 0.1) is 6.10 Å². The fourth-order valence-electron chi connectivity index (χ4n) is 2.99. The lowest BCUT2D eigenvalue weighted by molar-refractivity contribution is -0.131. The second-order valence-corrected chi connectivity index (χ2v) is 6.23. The predicted molar refractivity (Wildman–Crippen MR) is 79.4 cm³/mol. The van der Waals surface area contributed by atoms with E-state index in [2.05, 4.69) is 17.1 Å². The minimum absolute atomic E-state index is 0.0354. The van der Waals surface area contributed by atoms with Crippen LogP contribution >= 0.6 is 0 Å². The molecule has 5 heteroatoms. The quantitative estimate of drug-likeness (QED) is 0.705. The number of rotatable bonds is 6. The number of nitrogens with two attached hydrogens (primary N) is 1. The van der Waals surface area contributed by atoms with Crippen molar-refractivity contribution >= 4 is 5.91 Å². The third-order valence-electron chi connectivity index (χ3n) is 4.49. The van der Waals surface area contributed by atoms with Gasteiger partial charge in [-0.05, 0) is 57.7 Å². The number of hydrogen-bond acceptors (Lipinski definition) is 4. The molecule has 1 amide bonds. The zero-order valence-electron chi connectivity index (χ0n) is 12.6. The maximum atomic E-state index is 11.9. The van der Waals surface area contributed by atoms with Gasteiger partial charge in [-0.3, -0.25) is 4.79 Å². The molecular weight excluding hydrogens is 254 g/mol. The van der Waals surface area contributed by atoms with E-state index in [-0.39, 0.29) is 18.1 Å². The SMILES string of the molecule is CC1CCN(CCCNC(=O)[C@@H]2CC[C@H](CN)O2)CC1. The van der Waals surface area contributed by atoms with Crippen LogP contribution in [0.3, 0.4) is 0 Å². The zero-order chi connectivity index (χ0) is 14.4. The first-order chi connectivity index (χ1) is 9.69. The fraction of sp³-hybridized carbons (Fsp3) is 0.933. The summed E-state index contributed by atoms with van der Waals surface area (Å²) in [6.07, 6.45) is 5.14. The number of nitrogens with zero attached hydrogens (tertiary/aromatic N) is 1. The maximum Gasteiger partial charge on any atom is 0.249 e. The summed E-state index contributed by atoms with van der Waals surface area (Å²) >= 11 is 0. The molecule has 0 saturated carbocycles. The molecule has 2 aliphatic rings. The Labute approximate surface area is 122 Å². The van der Waals surface area contributed by atoms with Gasteiger partial charge in [0.15, 0.2) is 0 Å². The molecule has 116 valence electrons. The van der Waals surface area contributed by atoms with E-state index in [1.54, 1.807) is 0 Å². The molecule has 0 aliphatic carbocycles. The van der Waals surface area contributed by atoms with Crippen LogP contribution in [-0.2, 0) is 9.53 Å². The lowest BCUT2D eigenvalue weighted by Crippen LogP contribution is -2.38. The maximum absolute atomic E-state index is 11.9. The molecule has 0 aromatic heterocycles. The molecule has 2 heterocycles. The number of nitrogens with one attached hydrogen (secondary N) is 1. The largest absolute Gasteiger partial charge is 0.364 e. The monoisotopic (exact) mass is 283 g/mol. The first-order valence-corrected chi connectivity index (χ1v) is 8.04. The van der Waals surface area contributed by atoms with Gasteiger partial charge in [-0.15, -0.1) is 0 Å². The fourth-order valence-corrected chi connectivity index (χ4v) is 2.99. The molecule has 2 aliphatic heterocycles. The first kappa shape index (κ1) is 15.7. The van der Waals surface area contributed by atoms with E-state index in [0.29, 0.717) is 6.54 Å². The normalized spacial score (nSPS) is 28.7. The van der Waals surface area contributed by atoms with Crippen molar-refractivity contribution in [1.82, 2.24) is 10.2 Å². The third kappa shape index (κ3) is 4.72. The Morgan fingerprint density at radius 2 is 2.05 bits per heavy atom. The minimum atomic E-state index is -0.278. The van der Waals surface area contributed by atoms with Gasteiger partial charge in [-0.2, -0.15) is 0 Å². The van der Waals surface area contributed by atoms with Gasteiger partial charge in [-0.1, -0.05) is 6.92 Å². The summed E-state index contributed by atoms with van der Waals surface area (Å²) in [5.41, 5.74) is 5.55. The van der Waals surface area contributed by atoms with E-state index in [9.17, 15) is 4.79 Å². The number of amides is 1. The number of carbonyl (C=O) groups is 1. The van der Waals surface area contributed by atoms with Crippen LogP contribution < -0.4 is 11.1 Å². The van der Waals surface area contributed by atoms with Gasteiger partial charge in [0.2, 0.25) is 5.91 Å². The van der Waals surface area contributed by atoms with Crippen molar-refractivity contribution in [1.29, 1.82) is 0 Å². The van der Waals surface area contributed by atoms with Crippen LogP contribution in [0, 0.1) is 5.92 Å². The number of hydrogen-bond donors (Lipinski definition) is 2. The number of carbonyl (C=O) groups excluding carboxylic acids is 1. The number of ether oxygens (including phenoxy) is 1. The van der Waals surface area contributed by atoms with Crippen molar-refractivity contribution in [3.63, 3.8) is 0 Å². The Bertz CT molecular complexity index is 303.